The summed E-state index contributed by atoms with van der Waals surface area (Å²) in [6.45, 7) is 9.63. The minimum Gasteiger partial charge on any atom is -0.310 e. The topological polar surface area (TPSA) is 3.24 Å². The van der Waals surface area contributed by atoms with Crippen molar-refractivity contribution in [2.75, 3.05) is 4.90 Å². The molecule has 1 heteroatoms. The number of rotatable bonds is 6. The lowest BCUT2D eigenvalue weighted by atomic mass is 9.77. The van der Waals surface area contributed by atoms with E-state index in [1.807, 2.05) is 0 Å². The highest BCUT2D eigenvalue weighted by Gasteiger charge is 2.41. The lowest BCUT2D eigenvalue weighted by Gasteiger charge is -2.30. The van der Waals surface area contributed by atoms with Crippen LogP contribution >= 0.6 is 0 Å². The molecule has 0 atom stereocenters. The number of hydrogen-bond donors (Lipinski definition) is 0. The first kappa shape index (κ1) is 33.9. The Kier molecular flexibility index (Phi) is 8.00. The molecule has 3 aliphatic rings. The lowest BCUT2D eigenvalue weighted by molar-refractivity contribution is 0.443. The third kappa shape index (κ3) is 5.35. The summed E-state index contributed by atoms with van der Waals surface area (Å²) in [5, 5.41) is 0. The Hall–Kier alpha value is -5.66. The summed E-state index contributed by atoms with van der Waals surface area (Å²) in [6.07, 6.45) is 6.67. The van der Waals surface area contributed by atoms with Crippen molar-refractivity contribution >= 4 is 17.1 Å². The Balaban J connectivity index is 1.12. The van der Waals surface area contributed by atoms with Gasteiger partial charge in [-0.05, 0) is 116 Å². The van der Waals surface area contributed by atoms with Crippen molar-refractivity contribution in [3.8, 4) is 44.5 Å². The van der Waals surface area contributed by atoms with Crippen molar-refractivity contribution in [3.63, 3.8) is 0 Å². The highest BCUT2D eigenvalue weighted by molar-refractivity contribution is 5.98. The van der Waals surface area contributed by atoms with Crippen molar-refractivity contribution in [2.45, 2.75) is 76.5 Å². The van der Waals surface area contributed by atoms with Gasteiger partial charge in [-0.25, -0.2) is 0 Å². The maximum absolute atomic E-state index is 2.50. The molecule has 0 N–H and O–H groups in total. The molecule has 270 valence electrons. The summed E-state index contributed by atoms with van der Waals surface area (Å²) in [4.78, 5) is 2.50. The van der Waals surface area contributed by atoms with Crippen LogP contribution in [0.4, 0.5) is 17.1 Å². The minimum atomic E-state index is -0.219. The van der Waals surface area contributed by atoms with Crippen LogP contribution in [0.3, 0.4) is 0 Å². The molecule has 0 radical (unpaired) electrons. The van der Waals surface area contributed by atoms with Gasteiger partial charge in [0.15, 0.2) is 0 Å². The number of anilines is 3. The Morgan fingerprint density at radius 3 is 1.82 bits per heavy atom. The maximum Gasteiger partial charge on any atom is 0.0540 e. The van der Waals surface area contributed by atoms with E-state index in [0.717, 1.165) is 0 Å². The standard InChI is InChI=1S/C54H49N/c1-53(2)47-26-13-11-22-46(47)51-43(23-16-27-48(51)53)45-25-15-24-44-42-34-33-40(35-49(42)54(3,4)52(44)45)55(39-31-29-37(30-32-39)36-17-7-5-8-18-36)50-28-14-12-21-41(50)38-19-9-6-10-20-38/h6,9-16,19-36H,5,7-8,17-18H2,1-4H3. The van der Waals surface area contributed by atoms with E-state index < -0.39 is 0 Å². The molecule has 0 aromatic heterocycles. The number of para-hydroxylation sites is 1. The van der Waals surface area contributed by atoms with Crippen LogP contribution in [0.5, 0.6) is 0 Å². The summed E-state index contributed by atoms with van der Waals surface area (Å²) < 4.78 is 0. The molecule has 0 spiro atoms. The van der Waals surface area contributed by atoms with Crippen molar-refractivity contribution in [2.24, 2.45) is 0 Å². The van der Waals surface area contributed by atoms with E-state index >= 15 is 0 Å². The van der Waals surface area contributed by atoms with Crippen LogP contribution in [-0.4, -0.2) is 0 Å². The van der Waals surface area contributed by atoms with E-state index in [2.05, 4.69) is 190 Å². The average Bonchev–Trinajstić information content (AvgIpc) is 3.61. The molecule has 0 aliphatic heterocycles. The van der Waals surface area contributed by atoms with Gasteiger partial charge in [-0.3, -0.25) is 0 Å². The second-order valence-electron chi connectivity index (χ2n) is 17.1. The minimum absolute atomic E-state index is 0.0403. The quantitative estimate of drug-likeness (QED) is 0.166. The molecule has 7 aromatic rings. The van der Waals surface area contributed by atoms with Gasteiger partial charge in [-0.2, -0.15) is 0 Å². The predicted molar refractivity (Wildman–Crippen MR) is 233 cm³/mol. The molecular formula is C54H49N. The van der Waals surface area contributed by atoms with Gasteiger partial charge >= 0.3 is 0 Å². The highest BCUT2D eigenvalue weighted by Crippen LogP contribution is 2.57. The van der Waals surface area contributed by atoms with E-state index in [9.17, 15) is 0 Å². The Bertz CT molecular complexity index is 2560. The molecule has 0 amide bonds. The highest BCUT2D eigenvalue weighted by atomic mass is 15.1. The summed E-state index contributed by atoms with van der Waals surface area (Å²) >= 11 is 0. The average molecular weight is 712 g/mol. The molecule has 3 aliphatic carbocycles. The number of hydrogen-bond acceptors (Lipinski definition) is 1. The van der Waals surface area contributed by atoms with Crippen LogP contribution in [0.2, 0.25) is 0 Å². The smallest absolute Gasteiger partial charge is 0.0540 e. The van der Waals surface area contributed by atoms with Gasteiger partial charge in [-0.1, -0.05) is 174 Å². The first-order valence-corrected chi connectivity index (χ1v) is 20.4. The summed E-state index contributed by atoms with van der Waals surface area (Å²) in [5.74, 6) is 0.673. The predicted octanol–water partition coefficient (Wildman–Crippen LogP) is 15.2. The molecule has 7 aromatic carbocycles. The van der Waals surface area contributed by atoms with E-state index in [0.29, 0.717) is 5.92 Å². The van der Waals surface area contributed by atoms with Crippen molar-refractivity contribution < 1.29 is 0 Å². The maximum atomic E-state index is 2.50. The van der Waals surface area contributed by atoms with Gasteiger partial charge in [0.2, 0.25) is 0 Å². The van der Waals surface area contributed by atoms with Crippen LogP contribution < -0.4 is 4.90 Å². The van der Waals surface area contributed by atoms with Crippen LogP contribution in [0.1, 0.15) is 93.5 Å². The first-order valence-electron chi connectivity index (χ1n) is 20.4. The van der Waals surface area contributed by atoms with Gasteiger partial charge in [0.05, 0.1) is 5.69 Å². The molecule has 1 nitrogen and oxygen atoms in total. The Morgan fingerprint density at radius 2 is 1.04 bits per heavy atom. The fourth-order valence-corrected chi connectivity index (χ4v) is 10.5. The van der Waals surface area contributed by atoms with Crippen LogP contribution in [0.25, 0.3) is 44.5 Å². The zero-order valence-corrected chi connectivity index (χ0v) is 32.6. The SMILES string of the molecule is CC1(C)c2ccccc2-c2c(-c3cccc4c3C(C)(C)c3cc(N(c5ccc(C6CCCCC6)cc5)c5ccccc5-c5ccccc5)ccc3-4)cccc21. The van der Waals surface area contributed by atoms with Crippen molar-refractivity contribution in [3.05, 3.63) is 186 Å². The molecule has 1 saturated carbocycles. The normalized spacial score (nSPS) is 16.2. The largest absolute Gasteiger partial charge is 0.310 e. The van der Waals surface area contributed by atoms with Crippen molar-refractivity contribution in [1.82, 2.24) is 0 Å². The molecule has 55 heavy (non-hydrogen) atoms. The van der Waals surface area contributed by atoms with Gasteiger partial charge in [0.25, 0.3) is 0 Å². The molecule has 0 heterocycles. The molecule has 1 fully saturated rings. The summed E-state index contributed by atoms with van der Waals surface area (Å²) in [6, 6.07) is 59.5. The second-order valence-corrected chi connectivity index (χ2v) is 17.1. The van der Waals surface area contributed by atoms with Crippen LogP contribution in [0.15, 0.2) is 158 Å². The molecular weight excluding hydrogens is 663 g/mol. The van der Waals surface area contributed by atoms with Gasteiger partial charge in [0.1, 0.15) is 0 Å². The third-order valence-electron chi connectivity index (χ3n) is 13.3. The first-order chi connectivity index (χ1) is 26.8. The number of fused-ring (bicyclic) bond motifs is 6. The van der Waals surface area contributed by atoms with Gasteiger partial charge in [-0.15, -0.1) is 0 Å². The Labute approximate surface area is 327 Å². The van der Waals surface area contributed by atoms with Crippen molar-refractivity contribution in [1.29, 1.82) is 0 Å². The molecule has 0 unspecified atom stereocenters. The zero-order chi connectivity index (χ0) is 37.3. The van der Waals surface area contributed by atoms with Gasteiger partial charge < -0.3 is 4.90 Å². The number of nitrogens with zero attached hydrogens (tertiary/aromatic N) is 1. The second kappa shape index (κ2) is 13.0. The summed E-state index contributed by atoms with van der Waals surface area (Å²) in [5.41, 5.74) is 21.0. The molecule has 0 saturated heterocycles. The van der Waals surface area contributed by atoms with E-state index in [1.165, 1.54) is 121 Å². The zero-order valence-electron chi connectivity index (χ0n) is 32.6. The van der Waals surface area contributed by atoms with Gasteiger partial charge in [0, 0.05) is 27.8 Å². The van der Waals surface area contributed by atoms with E-state index in [-0.39, 0.29) is 10.8 Å². The molecule has 0 bridgehead atoms. The molecule has 10 rings (SSSR count). The third-order valence-corrected chi connectivity index (χ3v) is 13.3. The lowest BCUT2D eigenvalue weighted by Crippen LogP contribution is -2.18. The summed E-state index contributed by atoms with van der Waals surface area (Å²) in [7, 11) is 0. The van der Waals surface area contributed by atoms with E-state index in [4.69, 9.17) is 0 Å². The Morgan fingerprint density at radius 1 is 0.436 bits per heavy atom. The number of benzene rings is 7. The van der Waals surface area contributed by atoms with E-state index in [1.54, 1.807) is 0 Å². The monoisotopic (exact) mass is 711 g/mol. The fraction of sp³-hybridized carbons (Fsp3) is 0.222. The van der Waals surface area contributed by atoms with Crippen LogP contribution in [0, 0.1) is 0 Å². The van der Waals surface area contributed by atoms with Crippen LogP contribution in [-0.2, 0) is 10.8 Å². The fourth-order valence-electron chi connectivity index (χ4n) is 10.5.